The number of methoxy groups -OCH3 is 1. The quantitative estimate of drug-likeness (QED) is 0.167. The van der Waals surface area contributed by atoms with Gasteiger partial charge >= 0.3 is 5.97 Å². The molecule has 0 aliphatic heterocycles. The predicted octanol–water partition coefficient (Wildman–Crippen LogP) is 7.03. The van der Waals surface area contributed by atoms with Crippen LogP contribution in [0.5, 0.6) is 0 Å². The molecule has 1 aromatic heterocycles. The van der Waals surface area contributed by atoms with Crippen molar-refractivity contribution >= 4 is 5.97 Å². The van der Waals surface area contributed by atoms with Crippen LogP contribution in [0.25, 0.3) is 33.7 Å². The van der Waals surface area contributed by atoms with Gasteiger partial charge in [-0.3, -0.25) is 0 Å². The lowest BCUT2D eigenvalue weighted by Gasteiger charge is -2.19. The topological polar surface area (TPSA) is 70.8 Å². The number of rotatable bonds is 10. The number of nitrogens with zero attached hydrogens (tertiary/aromatic N) is 1. The third-order valence-electron chi connectivity index (χ3n) is 6.15. The van der Waals surface area contributed by atoms with Crippen molar-refractivity contribution in [3.8, 4) is 33.7 Å². The third-order valence-corrected chi connectivity index (χ3v) is 6.15. The molecule has 3 aromatic carbocycles. The van der Waals surface area contributed by atoms with Crippen molar-refractivity contribution in [1.29, 1.82) is 0 Å². The van der Waals surface area contributed by atoms with Crippen LogP contribution in [-0.4, -0.2) is 37.1 Å². The van der Waals surface area contributed by atoms with E-state index in [2.05, 4.69) is 42.4 Å². The van der Waals surface area contributed by atoms with E-state index < -0.39 is 5.60 Å². The summed E-state index contributed by atoms with van der Waals surface area (Å²) in [4.78, 5) is 11.8. The Balaban J connectivity index is 1.48. The summed E-state index contributed by atoms with van der Waals surface area (Å²) in [5.74, 6) is 0.335. The van der Waals surface area contributed by atoms with Gasteiger partial charge in [-0.15, -0.1) is 0 Å². The Morgan fingerprint density at radius 2 is 1.66 bits per heavy atom. The molecule has 0 atom stereocenters. The third kappa shape index (κ3) is 6.97. The van der Waals surface area contributed by atoms with E-state index in [1.807, 2.05) is 63.2 Å². The molecule has 0 aliphatic carbocycles. The summed E-state index contributed by atoms with van der Waals surface area (Å²) in [6, 6.07) is 24.6. The van der Waals surface area contributed by atoms with Crippen LogP contribution in [-0.2, 0) is 32.0 Å². The first-order valence-electron chi connectivity index (χ1n) is 12.8. The Morgan fingerprint density at radius 3 is 2.39 bits per heavy atom. The highest BCUT2D eigenvalue weighted by Gasteiger charge is 2.18. The number of benzene rings is 3. The van der Waals surface area contributed by atoms with Gasteiger partial charge in [-0.1, -0.05) is 65.8 Å². The first-order valence-corrected chi connectivity index (χ1v) is 12.8. The van der Waals surface area contributed by atoms with E-state index in [1.54, 1.807) is 7.11 Å². The number of esters is 1. The summed E-state index contributed by atoms with van der Waals surface area (Å²) in [5, 5.41) is 4.36. The molecule has 198 valence electrons. The zero-order valence-electron chi connectivity index (χ0n) is 22.7. The highest BCUT2D eigenvalue weighted by Crippen LogP contribution is 2.35. The zero-order valence-corrected chi connectivity index (χ0v) is 22.7. The summed E-state index contributed by atoms with van der Waals surface area (Å²) < 4.78 is 22.2. The largest absolute Gasteiger partial charge is 0.458 e. The molecule has 4 rings (SSSR count). The highest BCUT2D eigenvalue weighted by molar-refractivity contribution is 5.77. The Morgan fingerprint density at radius 1 is 0.921 bits per heavy atom. The molecule has 0 saturated heterocycles. The van der Waals surface area contributed by atoms with Crippen LogP contribution < -0.4 is 0 Å². The van der Waals surface area contributed by atoms with Crippen molar-refractivity contribution in [2.45, 2.75) is 46.3 Å². The minimum Gasteiger partial charge on any atom is -0.458 e. The molecule has 0 unspecified atom stereocenters. The highest BCUT2D eigenvalue weighted by atomic mass is 16.6. The van der Waals surface area contributed by atoms with E-state index in [0.29, 0.717) is 25.4 Å². The first kappa shape index (κ1) is 27.3. The fourth-order valence-electron chi connectivity index (χ4n) is 4.39. The van der Waals surface area contributed by atoms with Gasteiger partial charge in [0.1, 0.15) is 17.9 Å². The summed E-state index contributed by atoms with van der Waals surface area (Å²) in [6.45, 7) is 8.46. The number of ether oxygens (including phenoxy) is 3. The normalized spacial score (nSPS) is 11.5. The second-order valence-electron chi connectivity index (χ2n) is 10.2. The summed E-state index contributed by atoms with van der Waals surface area (Å²) in [5.41, 5.74) is 7.81. The lowest BCUT2D eigenvalue weighted by molar-refractivity contribution is -0.160. The number of aromatic nitrogens is 1. The Hall–Kier alpha value is -3.74. The molecule has 0 N–H and O–H groups in total. The average Bonchev–Trinajstić information content (AvgIpc) is 3.38. The van der Waals surface area contributed by atoms with Crippen LogP contribution in [0.4, 0.5) is 0 Å². The molecule has 0 saturated carbocycles. The maximum Gasteiger partial charge on any atom is 0.332 e. The summed E-state index contributed by atoms with van der Waals surface area (Å²) >= 11 is 0. The van der Waals surface area contributed by atoms with E-state index in [-0.39, 0.29) is 12.6 Å². The van der Waals surface area contributed by atoms with Gasteiger partial charge in [-0.05, 0) is 68.0 Å². The van der Waals surface area contributed by atoms with Gasteiger partial charge in [0.15, 0.2) is 5.76 Å². The Bertz CT molecular complexity index is 1370. The molecule has 0 aliphatic rings. The van der Waals surface area contributed by atoms with E-state index in [1.165, 1.54) is 11.1 Å². The lowest BCUT2D eigenvalue weighted by atomic mass is 9.92. The van der Waals surface area contributed by atoms with Crippen LogP contribution in [0.2, 0.25) is 0 Å². The van der Waals surface area contributed by atoms with Crippen LogP contribution in [0, 0.1) is 6.92 Å². The standard InChI is InChI=1S/C32H35NO5/c1-22-26(24-11-7-6-8-12-24)14-15-27(28(22)20-35-5)30-19-29(33-38-30)25-13-9-10-23(18-25)16-17-36-21-31(34)37-32(2,3)4/h6-15,18-19H,16-17,20-21H2,1-5H3. The molecule has 0 radical (unpaired) electrons. The maximum atomic E-state index is 11.8. The smallest absolute Gasteiger partial charge is 0.332 e. The molecule has 0 bridgehead atoms. The van der Waals surface area contributed by atoms with Crippen molar-refractivity contribution in [1.82, 2.24) is 5.16 Å². The van der Waals surface area contributed by atoms with Crippen molar-refractivity contribution in [3.63, 3.8) is 0 Å². The van der Waals surface area contributed by atoms with Gasteiger partial charge in [-0.2, -0.15) is 0 Å². The first-order chi connectivity index (χ1) is 18.2. The molecule has 38 heavy (non-hydrogen) atoms. The minimum atomic E-state index is -0.516. The van der Waals surface area contributed by atoms with E-state index >= 15 is 0 Å². The van der Waals surface area contributed by atoms with Crippen molar-refractivity contribution in [2.75, 3.05) is 20.3 Å². The number of hydrogen-bond acceptors (Lipinski definition) is 6. The Labute approximate surface area is 224 Å². The van der Waals surface area contributed by atoms with Crippen molar-refractivity contribution < 1.29 is 23.5 Å². The lowest BCUT2D eigenvalue weighted by Crippen LogP contribution is -2.26. The molecule has 0 fully saturated rings. The van der Waals surface area contributed by atoms with E-state index in [0.717, 1.165) is 33.5 Å². The molecular weight excluding hydrogens is 478 g/mol. The van der Waals surface area contributed by atoms with Gasteiger partial charge in [0, 0.05) is 24.3 Å². The molecule has 6 nitrogen and oxygen atoms in total. The summed E-state index contributed by atoms with van der Waals surface area (Å²) in [7, 11) is 1.70. The van der Waals surface area contributed by atoms with Crippen LogP contribution >= 0.6 is 0 Å². The SMILES string of the molecule is COCc1c(-c2cc(-c3cccc(CCOCC(=O)OC(C)(C)C)c3)no2)ccc(-c2ccccc2)c1C. The van der Waals surface area contributed by atoms with Gasteiger partial charge in [0.25, 0.3) is 0 Å². The minimum absolute atomic E-state index is 0.0596. The molecule has 1 heterocycles. The monoisotopic (exact) mass is 513 g/mol. The second-order valence-corrected chi connectivity index (χ2v) is 10.2. The van der Waals surface area contributed by atoms with Crippen LogP contribution in [0.1, 0.15) is 37.5 Å². The van der Waals surface area contributed by atoms with E-state index in [9.17, 15) is 4.79 Å². The Kier molecular flexibility index (Phi) is 8.77. The molecule has 0 amide bonds. The second kappa shape index (κ2) is 12.2. The van der Waals surface area contributed by atoms with Crippen LogP contribution in [0.15, 0.2) is 77.3 Å². The number of carbonyl (C=O) groups excluding carboxylic acids is 1. The fourth-order valence-corrected chi connectivity index (χ4v) is 4.39. The van der Waals surface area contributed by atoms with Gasteiger partial charge in [-0.25, -0.2) is 4.79 Å². The number of hydrogen-bond donors (Lipinski definition) is 0. The van der Waals surface area contributed by atoms with Gasteiger partial charge in [0.2, 0.25) is 0 Å². The fraction of sp³-hybridized carbons (Fsp3) is 0.312. The molecular formula is C32H35NO5. The number of carbonyl (C=O) groups is 1. The predicted molar refractivity (Wildman–Crippen MR) is 149 cm³/mol. The maximum absolute atomic E-state index is 11.8. The summed E-state index contributed by atoms with van der Waals surface area (Å²) in [6.07, 6.45) is 0.666. The molecule has 0 spiro atoms. The van der Waals surface area contributed by atoms with Crippen molar-refractivity contribution in [2.24, 2.45) is 0 Å². The molecule has 4 aromatic rings. The van der Waals surface area contributed by atoms with E-state index in [4.69, 9.17) is 18.7 Å². The average molecular weight is 514 g/mol. The van der Waals surface area contributed by atoms with Gasteiger partial charge < -0.3 is 18.7 Å². The van der Waals surface area contributed by atoms with Crippen LogP contribution in [0.3, 0.4) is 0 Å². The van der Waals surface area contributed by atoms with Gasteiger partial charge in [0.05, 0.1) is 13.2 Å². The van der Waals surface area contributed by atoms with Crippen molar-refractivity contribution in [3.05, 3.63) is 89.5 Å². The zero-order chi connectivity index (χ0) is 27.1. The molecule has 6 heteroatoms.